The van der Waals surface area contributed by atoms with Crippen LogP contribution in [0.3, 0.4) is 0 Å². The molecule has 0 N–H and O–H groups in total. The van der Waals surface area contributed by atoms with E-state index in [0.29, 0.717) is 0 Å². The predicted octanol–water partition coefficient (Wildman–Crippen LogP) is 17.6. The quantitative estimate of drug-likeness (QED) is 0.145. The molecule has 64 heavy (non-hydrogen) atoms. The SMILES string of the molecule is CC1(C)c2ccccc2-c2cc(-c3ccc(N(c4ccc(-c5ccc(-c6ccc7ccccc7c6)cc5)cc4)c4ccc(-c5cccc6c5ccc5ccccc56)cc4)cc3)ccc21. The molecule has 0 amide bonds. The van der Waals surface area contributed by atoms with Gasteiger partial charge in [0.2, 0.25) is 0 Å². The number of rotatable bonds is 7. The van der Waals surface area contributed by atoms with E-state index < -0.39 is 0 Å². The Hall–Kier alpha value is -8.00. The fourth-order valence-electron chi connectivity index (χ4n) is 10.3. The third-order valence-electron chi connectivity index (χ3n) is 13.7. The summed E-state index contributed by atoms with van der Waals surface area (Å²) in [7, 11) is 0. The van der Waals surface area contributed by atoms with Crippen molar-refractivity contribution < 1.29 is 0 Å². The predicted molar refractivity (Wildman–Crippen MR) is 273 cm³/mol. The van der Waals surface area contributed by atoms with E-state index in [-0.39, 0.29) is 5.41 Å². The molecule has 0 bridgehead atoms. The van der Waals surface area contributed by atoms with Crippen LogP contribution in [0.2, 0.25) is 0 Å². The van der Waals surface area contributed by atoms with E-state index in [4.69, 9.17) is 0 Å². The van der Waals surface area contributed by atoms with E-state index >= 15 is 0 Å². The van der Waals surface area contributed by atoms with Gasteiger partial charge in [0.1, 0.15) is 0 Å². The van der Waals surface area contributed by atoms with Crippen molar-refractivity contribution in [3.63, 3.8) is 0 Å². The first kappa shape index (κ1) is 37.7. The molecule has 11 aromatic rings. The molecule has 1 nitrogen and oxygen atoms in total. The summed E-state index contributed by atoms with van der Waals surface area (Å²) in [5, 5.41) is 7.61. The molecule has 0 aromatic heterocycles. The number of hydrogen-bond acceptors (Lipinski definition) is 1. The first-order valence-corrected chi connectivity index (χ1v) is 22.3. The van der Waals surface area contributed by atoms with Crippen LogP contribution in [-0.4, -0.2) is 0 Å². The normalized spacial score (nSPS) is 12.7. The maximum atomic E-state index is 2.39. The smallest absolute Gasteiger partial charge is 0.0462 e. The van der Waals surface area contributed by atoms with Crippen LogP contribution in [0.1, 0.15) is 25.0 Å². The van der Waals surface area contributed by atoms with Gasteiger partial charge in [-0.15, -0.1) is 0 Å². The van der Waals surface area contributed by atoms with E-state index in [1.807, 2.05) is 0 Å². The first-order valence-electron chi connectivity index (χ1n) is 22.3. The fraction of sp³-hybridized carbons (Fsp3) is 0.0476. The van der Waals surface area contributed by atoms with Crippen molar-refractivity contribution in [2.45, 2.75) is 19.3 Å². The minimum absolute atomic E-state index is 0.0107. The van der Waals surface area contributed by atoms with Crippen LogP contribution < -0.4 is 4.90 Å². The Kier molecular flexibility index (Phi) is 8.91. The standard InChI is InChI=1S/C63H45N/c1-63(2)61-17-8-7-14-59(61)60-41-51(31-39-62(60)63)46-26-34-53(35-27-46)64(54-36-28-48(29-37-54)56-15-9-16-57-55-13-6-5-11-47(55)30-38-58(56)57)52-32-24-44(25-33-52)43-18-20-45(21-19-43)50-23-22-42-10-3-4-12-49(42)40-50/h3-41H,1-2H3. The Morgan fingerprint density at radius 2 is 0.719 bits per heavy atom. The molecule has 302 valence electrons. The third-order valence-corrected chi connectivity index (χ3v) is 13.7. The van der Waals surface area contributed by atoms with Crippen molar-refractivity contribution in [2.75, 3.05) is 4.90 Å². The molecule has 0 spiro atoms. The fourth-order valence-corrected chi connectivity index (χ4v) is 10.3. The average molecular weight is 816 g/mol. The molecule has 1 aliphatic rings. The Balaban J connectivity index is 0.895. The summed E-state index contributed by atoms with van der Waals surface area (Å²) in [6.45, 7) is 4.68. The second-order valence-electron chi connectivity index (χ2n) is 17.7. The van der Waals surface area contributed by atoms with Crippen molar-refractivity contribution in [3.05, 3.63) is 248 Å². The van der Waals surface area contributed by atoms with E-state index in [2.05, 4.69) is 255 Å². The van der Waals surface area contributed by atoms with Gasteiger partial charge in [-0.05, 0) is 148 Å². The zero-order valence-corrected chi connectivity index (χ0v) is 36.0. The lowest BCUT2D eigenvalue weighted by Crippen LogP contribution is -2.14. The van der Waals surface area contributed by atoms with E-state index in [1.165, 1.54) is 99.1 Å². The summed E-state index contributed by atoms with van der Waals surface area (Å²) in [6.07, 6.45) is 0. The molecule has 0 saturated carbocycles. The van der Waals surface area contributed by atoms with Gasteiger partial charge in [-0.1, -0.05) is 202 Å². The highest BCUT2D eigenvalue weighted by Gasteiger charge is 2.35. The van der Waals surface area contributed by atoms with Gasteiger partial charge < -0.3 is 4.90 Å². The summed E-state index contributed by atoms with van der Waals surface area (Å²) < 4.78 is 0. The molecular formula is C63H45N. The van der Waals surface area contributed by atoms with Crippen molar-refractivity contribution in [1.29, 1.82) is 0 Å². The van der Waals surface area contributed by atoms with Gasteiger partial charge in [0.05, 0.1) is 0 Å². The summed E-state index contributed by atoms with van der Waals surface area (Å²) >= 11 is 0. The molecule has 1 aliphatic carbocycles. The highest BCUT2D eigenvalue weighted by Crippen LogP contribution is 2.50. The zero-order valence-electron chi connectivity index (χ0n) is 36.0. The molecule has 11 aromatic carbocycles. The molecule has 0 heterocycles. The van der Waals surface area contributed by atoms with E-state index in [0.717, 1.165) is 17.1 Å². The van der Waals surface area contributed by atoms with Gasteiger partial charge in [-0.2, -0.15) is 0 Å². The minimum Gasteiger partial charge on any atom is -0.311 e. The van der Waals surface area contributed by atoms with Gasteiger partial charge in [-0.25, -0.2) is 0 Å². The van der Waals surface area contributed by atoms with Crippen molar-refractivity contribution >= 4 is 49.4 Å². The maximum Gasteiger partial charge on any atom is 0.0462 e. The summed E-state index contributed by atoms with van der Waals surface area (Å²) in [6, 6.07) is 87.1. The number of anilines is 3. The van der Waals surface area contributed by atoms with Crippen molar-refractivity contribution in [2.24, 2.45) is 0 Å². The zero-order chi connectivity index (χ0) is 42.8. The Morgan fingerprint density at radius 1 is 0.266 bits per heavy atom. The molecule has 1 heteroatoms. The molecule has 0 aliphatic heterocycles. The van der Waals surface area contributed by atoms with Crippen LogP contribution in [0.25, 0.3) is 88.0 Å². The lowest BCUT2D eigenvalue weighted by molar-refractivity contribution is 0.660. The maximum absolute atomic E-state index is 2.39. The van der Waals surface area contributed by atoms with Crippen LogP contribution >= 0.6 is 0 Å². The number of nitrogens with zero attached hydrogens (tertiary/aromatic N) is 1. The Morgan fingerprint density at radius 3 is 1.41 bits per heavy atom. The topological polar surface area (TPSA) is 3.24 Å². The molecular weight excluding hydrogens is 771 g/mol. The minimum atomic E-state index is -0.0107. The highest BCUT2D eigenvalue weighted by atomic mass is 15.1. The monoisotopic (exact) mass is 815 g/mol. The molecule has 0 saturated heterocycles. The van der Waals surface area contributed by atoms with Crippen LogP contribution in [0, 0.1) is 0 Å². The van der Waals surface area contributed by atoms with E-state index in [9.17, 15) is 0 Å². The van der Waals surface area contributed by atoms with Crippen LogP contribution in [-0.2, 0) is 5.41 Å². The second kappa shape index (κ2) is 15.1. The van der Waals surface area contributed by atoms with E-state index in [1.54, 1.807) is 0 Å². The van der Waals surface area contributed by atoms with Crippen molar-refractivity contribution in [1.82, 2.24) is 0 Å². The molecule has 0 fully saturated rings. The van der Waals surface area contributed by atoms with Gasteiger partial charge in [0.25, 0.3) is 0 Å². The van der Waals surface area contributed by atoms with Gasteiger partial charge in [-0.3, -0.25) is 0 Å². The first-order chi connectivity index (χ1) is 31.5. The second-order valence-corrected chi connectivity index (χ2v) is 17.7. The third kappa shape index (κ3) is 6.40. The van der Waals surface area contributed by atoms with Gasteiger partial charge in [0, 0.05) is 22.5 Å². The molecule has 12 rings (SSSR count). The highest BCUT2D eigenvalue weighted by molar-refractivity contribution is 6.12. The van der Waals surface area contributed by atoms with Gasteiger partial charge >= 0.3 is 0 Å². The molecule has 0 unspecified atom stereocenters. The number of hydrogen-bond donors (Lipinski definition) is 0. The lowest BCUT2D eigenvalue weighted by atomic mass is 9.82. The molecule has 0 atom stereocenters. The number of benzene rings is 11. The summed E-state index contributed by atoms with van der Waals surface area (Å²) in [4.78, 5) is 2.37. The van der Waals surface area contributed by atoms with Crippen molar-refractivity contribution in [3.8, 4) is 55.6 Å². The van der Waals surface area contributed by atoms with Gasteiger partial charge in [0.15, 0.2) is 0 Å². The molecule has 0 radical (unpaired) electrons. The average Bonchev–Trinajstić information content (AvgIpc) is 3.59. The Bertz CT molecular complexity index is 3540. The lowest BCUT2D eigenvalue weighted by Gasteiger charge is -2.26. The number of fused-ring (bicyclic) bond motifs is 7. The van der Waals surface area contributed by atoms with Crippen LogP contribution in [0.4, 0.5) is 17.1 Å². The van der Waals surface area contributed by atoms with Crippen LogP contribution in [0.15, 0.2) is 237 Å². The summed E-state index contributed by atoms with van der Waals surface area (Å²) in [5.74, 6) is 0. The van der Waals surface area contributed by atoms with Crippen LogP contribution in [0.5, 0.6) is 0 Å². The largest absolute Gasteiger partial charge is 0.311 e. The Labute approximate surface area is 375 Å². The summed E-state index contributed by atoms with van der Waals surface area (Å²) in [5.41, 5.74) is 18.5.